The number of primary amides is 1. The Balaban J connectivity index is 3.09. The lowest BCUT2D eigenvalue weighted by atomic mass is 10.1. The van der Waals surface area contributed by atoms with Crippen molar-refractivity contribution in [3.63, 3.8) is 0 Å². The Morgan fingerprint density at radius 2 is 2.20 bits per heavy atom. The van der Waals surface area contributed by atoms with Gasteiger partial charge in [0, 0.05) is 18.5 Å². The number of amides is 1. The van der Waals surface area contributed by atoms with Crippen LogP contribution in [-0.4, -0.2) is 12.5 Å². The molecule has 0 fully saturated rings. The summed E-state index contributed by atoms with van der Waals surface area (Å²) in [5.74, 6) is 4.32. The highest BCUT2D eigenvalue weighted by Gasteiger charge is 2.06. The fourth-order valence-electron chi connectivity index (χ4n) is 1.06. The van der Waals surface area contributed by atoms with Crippen LogP contribution in [0.3, 0.4) is 0 Å². The van der Waals surface area contributed by atoms with Crippen LogP contribution in [0.15, 0.2) is 18.2 Å². The predicted molar refractivity (Wildman–Crippen MR) is 55.5 cm³/mol. The van der Waals surface area contributed by atoms with Gasteiger partial charge in [-0.15, -0.1) is 0 Å². The molecule has 0 aliphatic carbocycles. The van der Waals surface area contributed by atoms with Crippen LogP contribution in [0.1, 0.15) is 22.3 Å². The number of hydrogen-bond donors (Lipinski definition) is 2. The Morgan fingerprint density at radius 3 is 2.80 bits per heavy atom. The molecule has 0 spiro atoms. The monoisotopic (exact) mass is 206 g/mol. The lowest BCUT2D eigenvalue weighted by Gasteiger charge is -1.99. The molecule has 0 heterocycles. The minimum Gasteiger partial charge on any atom is -0.366 e. The molecule has 0 aliphatic heterocycles. The topological polar surface area (TPSA) is 69.1 Å². The van der Waals surface area contributed by atoms with Crippen LogP contribution in [0.25, 0.3) is 0 Å². The number of halogens is 1. The fourth-order valence-corrected chi connectivity index (χ4v) is 1.06. The summed E-state index contributed by atoms with van der Waals surface area (Å²) >= 11 is 0. The average Bonchev–Trinajstić information content (AvgIpc) is 2.18. The van der Waals surface area contributed by atoms with Gasteiger partial charge in [0.05, 0.1) is 5.56 Å². The molecule has 1 amide bonds. The Hall–Kier alpha value is -1.86. The Labute approximate surface area is 87.3 Å². The Morgan fingerprint density at radius 1 is 1.47 bits per heavy atom. The van der Waals surface area contributed by atoms with Crippen LogP contribution in [0.2, 0.25) is 0 Å². The maximum absolute atomic E-state index is 12.9. The normalized spacial score (nSPS) is 9.20. The summed E-state index contributed by atoms with van der Waals surface area (Å²) in [6, 6.07) is 3.68. The van der Waals surface area contributed by atoms with Gasteiger partial charge in [-0.2, -0.15) is 0 Å². The van der Waals surface area contributed by atoms with Gasteiger partial charge in [0.1, 0.15) is 5.82 Å². The summed E-state index contributed by atoms with van der Waals surface area (Å²) in [7, 11) is 0. The second-order valence-corrected chi connectivity index (χ2v) is 2.89. The van der Waals surface area contributed by atoms with Crippen LogP contribution < -0.4 is 11.5 Å². The third-order valence-electron chi connectivity index (χ3n) is 1.74. The molecule has 3 nitrogen and oxygen atoms in total. The maximum atomic E-state index is 12.9. The highest BCUT2D eigenvalue weighted by atomic mass is 19.1. The molecule has 0 aliphatic rings. The van der Waals surface area contributed by atoms with Crippen LogP contribution in [0.5, 0.6) is 0 Å². The molecule has 1 aromatic carbocycles. The van der Waals surface area contributed by atoms with E-state index < -0.39 is 11.7 Å². The number of rotatable bonds is 2. The minimum atomic E-state index is -0.618. The fraction of sp³-hybridized carbons (Fsp3) is 0.182. The van der Waals surface area contributed by atoms with Gasteiger partial charge in [-0.05, 0) is 18.2 Å². The number of benzene rings is 1. The maximum Gasteiger partial charge on any atom is 0.249 e. The molecular weight excluding hydrogens is 195 g/mol. The first-order valence-corrected chi connectivity index (χ1v) is 4.43. The van der Waals surface area contributed by atoms with Crippen molar-refractivity contribution in [2.45, 2.75) is 6.42 Å². The molecule has 4 N–H and O–H groups in total. The van der Waals surface area contributed by atoms with Crippen LogP contribution in [0, 0.1) is 17.7 Å². The number of nitrogens with two attached hydrogens (primary N) is 2. The minimum absolute atomic E-state index is 0.223. The van der Waals surface area contributed by atoms with Crippen LogP contribution in [-0.2, 0) is 0 Å². The Bertz CT molecular complexity index is 432. The summed E-state index contributed by atoms with van der Waals surface area (Å²) < 4.78 is 12.9. The lowest BCUT2D eigenvalue weighted by molar-refractivity contribution is 0.1000. The van der Waals surface area contributed by atoms with E-state index in [2.05, 4.69) is 11.8 Å². The van der Waals surface area contributed by atoms with E-state index in [9.17, 15) is 9.18 Å². The van der Waals surface area contributed by atoms with E-state index >= 15 is 0 Å². The summed E-state index contributed by atoms with van der Waals surface area (Å²) in [6.45, 7) is 0.425. The molecule has 15 heavy (non-hydrogen) atoms. The smallest absolute Gasteiger partial charge is 0.249 e. The highest BCUT2D eigenvalue weighted by Crippen LogP contribution is 2.09. The van der Waals surface area contributed by atoms with Gasteiger partial charge in [0.2, 0.25) is 5.91 Å². The van der Waals surface area contributed by atoms with Crippen molar-refractivity contribution >= 4 is 5.91 Å². The molecular formula is C11H11FN2O. The molecule has 0 atom stereocenters. The van der Waals surface area contributed by atoms with Gasteiger partial charge in [-0.25, -0.2) is 4.39 Å². The van der Waals surface area contributed by atoms with Gasteiger partial charge in [-0.1, -0.05) is 11.8 Å². The molecule has 0 unspecified atom stereocenters. The van der Waals surface area contributed by atoms with E-state index in [1.807, 2.05) is 0 Å². The molecule has 78 valence electrons. The number of carbonyl (C=O) groups is 1. The first kappa shape index (κ1) is 11.2. The lowest BCUT2D eigenvalue weighted by Crippen LogP contribution is -2.12. The summed E-state index contributed by atoms with van der Waals surface area (Å²) in [5.41, 5.74) is 10.9. The first-order valence-electron chi connectivity index (χ1n) is 4.43. The molecule has 0 saturated carbocycles. The van der Waals surface area contributed by atoms with Gasteiger partial charge in [0.25, 0.3) is 0 Å². The summed E-state index contributed by atoms with van der Waals surface area (Å²) in [6.07, 6.45) is 0.495. The van der Waals surface area contributed by atoms with Gasteiger partial charge in [-0.3, -0.25) is 4.79 Å². The zero-order valence-electron chi connectivity index (χ0n) is 8.09. The third kappa shape index (κ3) is 3.08. The van der Waals surface area contributed by atoms with E-state index in [-0.39, 0.29) is 5.56 Å². The largest absolute Gasteiger partial charge is 0.366 e. The molecule has 0 radical (unpaired) electrons. The van der Waals surface area contributed by atoms with E-state index in [1.165, 1.54) is 18.2 Å². The summed E-state index contributed by atoms with van der Waals surface area (Å²) in [4.78, 5) is 11.0. The molecule has 1 aromatic rings. The van der Waals surface area contributed by atoms with Crippen molar-refractivity contribution in [3.8, 4) is 11.8 Å². The molecule has 0 bridgehead atoms. The second kappa shape index (κ2) is 5.13. The SMILES string of the molecule is NCCC#Cc1cc(F)ccc1C(N)=O. The van der Waals surface area contributed by atoms with Crippen molar-refractivity contribution in [2.24, 2.45) is 11.5 Å². The standard InChI is InChI=1S/C11H11FN2O/c12-9-4-5-10(11(14)15)8(7-9)3-1-2-6-13/h4-5,7H,2,6,13H2,(H2,14,15). The van der Waals surface area contributed by atoms with E-state index in [4.69, 9.17) is 11.5 Å². The molecule has 0 saturated heterocycles. The average molecular weight is 206 g/mol. The predicted octanol–water partition coefficient (Wildman–Crippen LogP) is 0.625. The van der Waals surface area contributed by atoms with Crippen molar-refractivity contribution < 1.29 is 9.18 Å². The van der Waals surface area contributed by atoms with Crippen LogP contribution in [0.4, 0.5) is 4.39 Å². The van der Waals surface area contributed by atoms with Crippen LogP contribution >= 0.6 is 0 Å². The van der Waals surface area contributed by atoms with Crippen molar-refractivity contribution in [2.75, 3.05) is 6.54 Å². The van der Waals surface area contributed by atoms with Gasteiger partial charge in [0.15, 0.2) is 0 Å². The van der Waals surface area contributed by atoms with E-state index in [0.717, 1.165) is 0 Å². The molecule has 0 aromatic heterocycles. The number of hydrogen-bond acceptors (Lipinski definition) is 2. The Kier molecular flexibility index (Phi) is 3.83. The van der Waals surface area contributed by atoms with E-state index in [1.54, 1.807) is 0 Å². The zero-order valence-corrected chi connectivity index (χ0v) is 8.09. The second-order valence-electron chi connectivity index (χ2n) is 2.89. The molecule has 1 rings (SSSR count). The van der Waals surface area contributed by atoms with Crippen molar-refractivity contribution in [1.29, 1.82) is 0 Å². The van der Waals surface area contributed by atoms with Gasteiger partial charge < -0.3 is 11.5 Å². The van der Waals surface area contributed by atoms with Crippen molar-refractivity contribution in [3.05, 3.63) is 35.1 Å². The quantitative estimate of drug-likeness (QED) is 0.696. The third-order valence-corrected chi connectivity index (χ3v) is 1.74. The van der Waals surface area contributed by atoms with Crippen molar-refractivity contribution in [1.82, 2.24) is 0 Å². The van der Waals surface area contributed by atoms with Gasteiger partial charge >= 0.3 is 0 Å². The zero-order chi connectivity index (χ0) is 11.3. The number of carbonyl (C=O) groups excluding carboxylic acids is 1. The molecule has 4 heteroatoms. The summed E-state index contributed by atoms with van der Waals surface area (Å²) in [5, 5.41) is 0. The highest BCUT2D eigenvalue weighted by molar-refractivity contribution is 5.95. The first-order chi connectivity index (χ1) is 7.15. The van der Waals surface area contributed by atoms with E-state index in [0.29, 0.717) is 18.5 Å².